The molecule has 1 aromatic carbocycles. The zero-order valence-electron chi connectivity index (χ0n) is 14.3. The van der Waals surface area contributed by atoms with E-state index < -0.39 is 0 Å². The number of carbonyl (C=O) groups excluding carboxylic acids is 2. The van der Waals surface area contributed by atoms with Crippen LogP contribution in [-0.4, -0.2) is 30.9 Å². The third-order valence-electron chi connectivity index (χ3n) is 3.40. The van der Waals surface area contributed by atoms with Crippen LogP contribution in [0.25, 0.3) is 0 Å². The summed E-state index contributed by atoms with van der Waals surface area (Å²) in [5.74, 6) is -0.205. The van der Waals surface area contributed by atoms with Crippen molar-refractivity contribution in [2.24, 2.45) is 0 Å². The molecule has 0 aromatic heterocycles. The Bertz CT molecular complexity index is 491. The van der Waals surface area contributed by atoms with Crippen molar-refractivity contribution >= 4 is 24.2 Å². The molecule has 1 aromatic rings. The summed E-state index contributed by atoms with van der Waals surface area (Å²) in [4.78, 5) is 23.5. The van der Waals surface area contributed by atoms with E-state index in [-0.39, 0.29) is 42.7 Å². The summed E-state index contributed by atoms with van der Waals surface area (Å²) in [7, 11) is 0. The van der Waals surface area contributed by atoms with Gasteiger partial charge in [0.05, 0.1) is 12.5 Å². The van der Waals surface area contributed by atoms with Crippen LogP contribution in [-0.2, 0) is 9.59 Å². The van der Waals surface area contributed by atoms with Crippen LogP contribution in [0, 0.1) is 6.92 Å². The molecule has 1 rings (SSSR count). The van der Waals surface area contributed by atoms with E-state index in [2.05, 4.69) is 16.0 Å². The number of hydrogen-bond donors (Lipinski definition) is 3. The number of amides is 2. The molecule has 2 atom stereocenters. The van der Waals surface area contributed by atoms with Gasteiger partial charge in [-0.05, 0) is 26.0 Å². The van der Waals surface area contributed by atoms with Crippen LogP contribution in [0.2, 0.25) is 0 Å². The van der Waals surface area contributed by atoms with Crippen LogP contribution in [0.1, 0.15) is 44.4 Å². The first kappa shape index (κ1) is 21.4. The molecular weight excluding hydrogens is 314 g/mol. The Kier molecular flexibility index (Phi) is 10.3. The minimum Gasteiger partial charge on any atom is -0.354 e. The topological polar surface area (TPSA) is 70.2 Å². The molecule has 0 aliphatic rings. The molecule has 130 valence electrons. The van der Waals surface area contributed by atoms with Gasteiger partial charge in [0.2, 0.25) is 11.8 Å². The molecule has 5 nitrogen and oxygen atoms in total. The van der Waals surface area contributed by atoms with Gasteiger partial charge in [0.15, 0.2) is 0 Å². The Morgan fingerprint density at radius 1 is 1.17 bits per heavy atom. The number of halogens is 1. The van der Waals surface area contributed by atoms with E-state index in [1.165, 1.54) is 6.92 Å². The summed E-state index contributed by atoms with van der Waals surface area (Å²) < 4.78 is 0. The second-order valence-electron chi connectivity index (χ2n) is 5.63. The van der Waals surface area contributed by atoms with Crippen LogP contribution >= 0.6 is 12.4 Å². The van der Waals surface area contributed by atoms with Gasteiger partial charge >= 0.3 is 0 Å². The maximum absolute atomic E-state index is 12.1. The standard InChI is InChI=1S/C17H27N3O2.ClH/c1-5-18-13(3)11-19-17(22)10-16(20-14(4)21)15-8-6-12(2)7-9-15;/h6-9,13,16,18H,5,10-11H2,1-4H3,(H,19,22)(H,20,21);1H/t13-,16?;/m1./s1. The first-order valence-electron chi connectivity index (χ1n) is 7.76. The van der Waals surface area contributed by atoms with Crippen molar-refractivity contribution in [2.75, 3.05) is 13.1 Å². The number of hydrogen-bond acceptors (Lipinski definition) is 3. The van der Waals surface area contributed by atoms with Crippen molar-refractivity contribution in [3.63, 3.8) is 0 Å². The van der Waals surface area contributed by atoms with Gasteiger partial charge in [0.1, 0.15) is 0 Å². The molecule has 23 heavy (non-hydrogen) atoms. The molecule has 1 unspecified atom stereocenters. The van der Waals surface area contributed by atoms with Crippen molar-refractivity contribution in [2.45, 2.75) is 46.2 Å². The lowest BCUT2D eigenvalue weighted by Gasteiger charge is -2.19. The van der Waals surface area contributed by atoms with Crippen LogP contribution in [0.5, 0.6) is 0 Å². The Morgan fingerprint density at radius 2 is 1.78 bits per heavy atom. The van der Waals surface area contributed by atoms with Gasteiger partial charge in [0.25, 0.3) is 0 Å². The first-order valence-corrected chi connectivity index (χ1v) is 7.76. The molecule has 2 amide bonds. The highest BCUT2D eigenvalue weighted by molar-refractivity contribution is 5.85. The molecule has 0 saturated carbocycles. The summed E-state index contributed by atoms with van der Waals surface area (Å²) in [6.07, 6.45) is 0.238. The summed E-state index contributed by atoms with van der Waals surface area (Å²) in [6, 6.07) is 7.79. The largest absolute Gasteiger partial charge is 0.354 e. The van der Waals surface area contributed by atoms with Gasteiger partial charge < -0.3 is 16.0 Å². The normalized spacial score (nSPS) is 12.7. The average molecular weight is 342 g/mol. The fraction of sp³-hybridized carbons (Fsp3) is 0.529. The lowest BCUT2D eigenvalue weighted by atomic mass is 10.0. The SMILES string of the molecule is CCN[C@H](C)CNC(=O)CC(NC(C)=O)c1ccc(C)cc1.Cl. The second kappa shape index (κ2) is 11.0. The van der Waals surface area contributed by atoms with Gasteiger partial charge in [0, 0.05) is 19.5 Å². The minimum atomic E-state index is -0.299. The molecule has 0 heterocycles. The third kappa shape index (κ3) is 8.57. The van der Waals surface area contributed by atoms with Crippen LogP contribution in [0.4, 0.5) is 0 Å². The summed E-state index contributed by atoms with van der Waals surface area (Å²) in [5, 5.41) is 8.98. The fourth-order valence-corrected chi connectivity index (χ4v) is 2.24. The maximum atomic E-state index is 12.1. The molecular formula is C17H28ClN3O2. The van der Waals surface area contributed by atoms with Gasteiger partial charge in [-0.25, -0.2) is 0 Å². The molecule has 0 spiro atoms. The Morgan fingerprint density at radius 3 is 2.30 bits per heavy atom. The van der Waals surface area contributed by atoms with Crippen LogP contribution in [0.3, 0.4) is 0 Å². The number of carbonyl (C=O) groups is 2. The van der Waals surface area contributed by atoms with E-state index in [1.807, 2.05) is 45.0 Å². The van der Waals surface area contributed by atoms with Gasteiger partial charge in [-0.3, -0.25) is 9.59 Å². The minimum absolute atomic E-state index is 0. The summed E-state index contributed by atoms with van der Waals surface area (Å²) in [6.45, 7) is 8.97. The van der Waals surface area contributed by atoms with E-state index in [0.29, 0.717) is 6.54 Å². The van der Waals surface area contributed by atoms with Crippen molar-refractivity contribution in [3.05, 3.63) is 35.4 Å². The van der Waals surface area contributed by atoms with E-state index >= 15 is 0 Å². The molecule has 6 heteroatoms. The quantitative estimate of drug-likeness (QED) is 0.678. The predicted octanol–water partition coefficient (Wildman–Crippen LogP) is 2.10. The smallest absolute Gasteiger partial charge is 0.222 e. The third-order valence-corrected chi connectivity index (χ3v) is 3.40. The van der Waals surface area contributed by atoms with Crippen molar-refractivity contribution in [3.8, 4) is 0 Å². The zero-order valence-corrected chi connectivity index (χ0v) is 15.1. The predicted molar refractivity (Wildman–Crippen MR) is 95.8 cm³/mol. The summed E-state index contributed by atoms with van der Waals surface area (Å²) in [5.41, 5.74) is 2.09. The van der Waals surface area contributed by atoms with Gasteiger partial charge in [-0.2, -0.15) is 0 Å². The van der Waals surface area contributed by atoms with E-state index in [4.69, 9.17) is 0 Å². The van der Waals surface area contributed by atoms with Crippen molar-refractivity contribution in [1.82, 2.24) is 16.0 Å². The number of nitrogens with one attached hydrogen (secondary N) is 3. The maximum Gasteiger partial charge on any atom is 0.222 e. The second-order valence-corrected chi connectivity index (χ2v) is 5.63. The van der Waals surface area contributed by atoms with Gasteiger partial charge in [-0.15, -0.1) is 12.4 Å². The first-order chi connectivity index (χ1) is 10.4. The van der Waals surface area contributed by atoms with Crippen molar-refractivity contribution < 1.29 is 9.59 Å². The summed E-state index contributed by atoms with van der Waals surface area (Å²) >= 11 is 0. The molecule has 0 bridgehead atoms. The highest BCUT2D eigenvalue weighted by Gasteiger charge is 2.17. The Balaban J connectivity index is 0.00000484. The zero-order chi connectivity index (χ0) is 16.5. The van der Waals surface area contributed by atoms with Gasteiger partial charge in [-0.1, -0.05) is 36.8 Å². The number of likely N-dealkylation sites (N-methyl/N-ethyl adjacent to an activating group) is 1. The monoisotopic (exact) mass is 341 g/mol. The fourth-order valence-electron chi connectivity index (χ4n) is 2.24. The number of benzene rings is 1. The number of aryl methyl sites for hydroxylation is 1. The molecule has 0 aliphatic heterocycles. The highest BCUT2D eigenvalue weighted by atomic mass is 35.5. The Labute approximate surface area is 145 Å². The lowest BCUT2D eigenvalue weighted by molar-refractivity contribution is -0.122. The number of rotatable bonds is 8. The van der Waals surface area contributed by atoms with Crippen LogP contribution < -0.4 is 16.0 Å². The Hall–Kier alpha value is -1.59. The molecule has 0 saturated heterocycles. The van der Waals surface area contributed by atoms with E-state index in [0.717, 1.165) is 17.7 Å². The lowest BCUT2D eigenvalue weighted by Crippen LogP contribution is -2.40. The van der Waals surface area contributed by atoms with E-state index in [1.54, 1.807) is 0 Å². The average Bonchev–Trinajstić information content (AvgIpc) is 2.45. The van der Waals surface area contributed by atoms with Crippen LogP contribution in [0.15, 0.2) is 24.3 Å². The molecule has 0 fully saturated rings. The van der Waals surface area contributed by atoms with Crippen molar-refractivity contribution in [1.29, 1.82) is 0 Å². The molecule has 0 aliphatic carbocycles. The molecule has 0 radical (unpaired) electrons. The van der Waals surface area contributed by atoms with E-state index in [9.17, 15) is 9.59 Å². The molecule has 3 N–H and O–H groups in total. The highest BCUT2D eigenvalue weighted by Crippen LogP contribution is 2.17.